The average molecular weight is 546 g/mol. The zero-order valence-corrected chi connectivity index (χ0v) is 24.7. The van der Waals surface area contributed by atoms with Gasteiger partial charge in [-0.1, -0.05) is 91.9 Å². The van der Waals surface area contributed by atoms with Crippen molar-refractivity contribution in [1.29, 1.82) is 0 Å². The smallest absolute Gasteiger partial charge is 0.550 e. The first kappa shape index (κ1) is 30.6. The molecule has 0 aliphatic rings. The minimum Gasteiger partial charge on any atom is -0.550 e. The van der Waals surface area contributed by atoms with Gasteiger partial charge < -0.3 is 24.2 Å². The maximum absolute atomic E-state index is 10.8. The summed E-state index contributed by atoms with van der Waals surface area (Å²) in [5, 5.41) is 21.6. The van der Waals surface area contributed by atoms with E-state index in [1.54, 1.807) is 14.0 Å². The van der Waals surface area contributed by atoms with Gasteiger partial charge in [0.25, 0.3) is 0 Å². The van der Waals surface area contributed by atoms with Crippen molar-refractivity contribution in [2.75, 3.05) is 7.11 Å². The van der Waals surface area contributed by atoms with Crippen LogP contribution in [0.3, 0.4) is 0 Å². The van der Waals surface area contributed by atoms with Gasteiger partial charge in [0, 0.05) is 29.4 Å². The molecule has 8 heteroatoms. The number of aliphatic carboxylic acids is 2. The number of benzene rings is 4. The number of carboxylic acids is 2. The maximum Gasteiger partial charge on any atom is 1.00 e. The Morgan fingerprint density at radius 3 is 2.10 bits per heavy atom. The van der Waals surface area contributed by atoms with Crippen LogP contribution >= 0.6 is 0 Å². The number of carboxylic acid groups (broad SMARTS) is 2. The molecule has 0 saturated carbocycles. The van der Waals surface area contributed by atoms with E-state index in [0.29, 0.717) is 11.7 Å². The van der Waals surface area contributed by atoms with Crippen molar-refractivity contribution >= 4 is 22.7 Å². The number of hydrogen-bond donors (Lipinski definition) is 1. The summed E-state index contributed by atoms with van der Waals surface area (Å²) >= 11 is 0. The van der Waals surface area contributed by atoms with Crippen molar-refractivity contribution in [1.82, 2.24) is 4.98 Å². The van der Waals surface area contributed by atoms with Gasteiger partial charge in [0.15, 0.2) is 11.7 Å². The molecule has 0 radical (unpaired) electrons. The topological polar surface area (TPSA) is 113 Å². The van der Waals surface area contributed by atoms with Crippen LogP contribution < -0.4 is 39.4 Å². The van der Waals surface area contributed by atoms with Gasteiger partial charge in [-0.15, -0.1) is 0 Å². The number of aryl methyl sites for hydroxylation is 1. The molecule has 1 N–H and O–H groups in total. The molecule has 0 fully saturated rings. The fourth-order valence-corrected chi connectivity index (χ4v) is 4.04. The number of hydrogen-bond acceptors (Lipinski definition) is 6. The third-order valence-electron chi connectivity index (χ3n) is 6.23. The minimum atomic E-state index is -1.06. The molecule has 198 valence electrons. The first-order chi connectivity index (χ1) is 18.9. The summed E-state index contributed by atoms with van der Waals surface area (Å²) in [7, 11) is 1.62. The van der Waals surface area contributed by atoms with Gasteiger partial charge in [-0.3, -0.25) is 4.79 Å². The molecule has 1 aromatic heterocycles. The third kappa shape index (κ3) is 7.82. The van der Waals surface area contributed by atoms with Crippen LogP contribution in [0, 0.1) is 0 Å². The average Bonchev–Trinajstić information content (AvgIpc) is 3.41. The first-order valence-electron chi connectivity index (χ1n) is 12.5. The molecule has 0 unspecified atom stereocenters. The van der Waals surface area contributed by atoms with E-state index >= 15 is 0 Å². The van der Waals surface area contributed by atoms with Crippen molar-refractivity contribution in [2.45, 2.75) is 25.7 Å². The Kier molecular flexibility index (Phi) is 11.1. The summed E-state index contributed by atoms with van der Waals surface area (Å²) in [5.74, 6) is -0.606. The first-order valence-corrected chi connectivity index (χ1v) is 12.5. The van der Waals surface area contributed by atoms with Crippen molar-refractivity contribution < 1.29 is 58.5 Å². The molecule has 1 atom stereocenters. The number of fused-ring (bicyclic) bond motifs is 1. The van der Waals surface area contributed by atoms with E-state index in [1.165, 1.54) is 0 Å². The number of methoxy groups -OCH3 is 1. The van der Waals surface area contributed by atoms with E-state index in [1.807, 2.05) is 97.1 Å². The third-order valence-corrected chi connectivity index (χ3v) is 6.23. The summed E-state index contributed by atoms with van der Waals surface area (Å²) in [5.41, 5.74) is 3.37. The molecule has 5 rings (SSSR count). The Morgan fingerprint density at radius 1 is 0.900 bits per heavy atom. The second-order valence-electron chi connectivity index (χ2n) is 8.92. The zero-order valence-electron chi connectivity index (χ0n) is 22.7. The summed E-state index contributed by atoms with van der Waals surface area (Å²) in [6, 6.07) is 30.7. The number of ether oxygens (including phenoxy) is 1. The number of carbonyl (C=O) groups is 2. The number of oxazole rings is 1. The minimum absolute atomic E-state index is 0. The van der Waals surface area contributed by atoms with Crippen LogP contribution in [-0.4, -0.2) is 29.1 Å². The molecule has 0 bridgehead atoms. The van der Waals surface area contributed by atoms with Crippen LogP contribution in [-0.2, 0) is 16.0 Å². The molecule has 40 heavy (non-hydrogen) atoms. The van der Waals surface area contributed by atoms with Gasteiger partial charge in [0.1, 0.15) is 11.4 Å². The number of nitrogens with zero attached hydrogens (tertiary/aromatic N) is 1. The number of aromatic nitrogens is 1. The molecule has 0 saturated heterocycles. The second-order valence-corrected chi connectivity index (χ2v) is 8.92. The molecule has 4 aromatic carbocycles. The summed E-state index contributed by atoms with van der Waals surface area (Å²) in [6.45, 7) is 1.63. The van der Waals surface area contributed by atoms with Crippen LogP contribution in [0.15, 0.2) is 101 Å². The van der Waals surface area contributed by atoms with E-state index in [9.17, 15) is 14.7 Å². The summed E-state index contributed by atoms with van der Waals surface area (Å²) in [6.07, 6.45) is 0.283. The van der Waals surface area contributed by atoms with Crippen LogP contribution in [0.2, 0.25) is 0 Å². The van der Waals surface area contributed by atoms with E-state index < -0.39 is 17.9 Å². The SMILES string of the molecule is COc1ccc2cc([C@H](C)C(=O)[O-])ccc2c1.O=C(O)CCc1nc(-c2ccccc2)c(-c2ccccc2)o1.[Na+]. The second kappa shape index (κ2) is 14.5. The Labute approximate surface area is 254 Å². The van der Waals surface area contributed by atoms with Crippen molar-refractivity contribution in [2.24, 2.45) is 0 Å². The van der Waals surface area contributed by atoms with Crippen LogP contribution in [0.25, 0.3) is 33.4 Å². The van der Waals surface area contributed by atoms with Crippen LogP contribution in [0.4, 0.5) is 0 Å². The number of carbonyl (C=O) groups excluding carboxylic acids is 1. The van der Waals surface area contributed by atoms with Crippen molar-refractivity contribution in [3.05, 3.63) is 109 Å². The fourth-order valence-electron chi connectivity index (χ4n) is 4.04. The molecular formula is C32H28NNaO6. The van der Waals surface area contributed by atoms with Gasteiger partial charge in [-0.05, 0) is 28.5 Å². The maximum atomic E-state index is 10.8. The normalized spacial score (nSPS) is 11.1. The summed E-state index contributed by atoms with van der Waals surface area (Å²) < 4.78 is 11.0. The monoisotopic (exact) mass is 545 g/mol. The van der Waals surface area contributed by atoms with Gasteiger partial charge >= 0.3 is 35.5 Å². The number of rotatable bonds is 8. The van der Waals surface area contributed by atoms with Gasteiger partial charge in [-0.2, -0.15) is 0 Å². The van der Waals surface area contributed by atoms with Gasteiger partial charge in [-0.25, -0.2) is 4.98 Å². The van der Waals surface area contributed by atoms with Gasteiger partial charge in [0.05, 0.1) is 13.5 Å². The Balaban J connectivity index is 0.000000222. The molecule has 0 aliphatic heterocycles. The van der Waals surface area contributed by atoms with E-state index in [0.717, 1.165) is 38.9 Å². The van der Waals surface area contributed by atoms with E-state index in [2.05, 4.69) is 4.98 Å². The largest absolute Gasteiger partial charge is 1.00 e. The van der Waals surface area contributed by atoms with Gasteiger partial charge in [0.2, 0.25) is 0 Å². The molecular weight excluding hydrogens is 517 g/mol. The predicted octanol–water partition coefficient (Wildman–Crippen LogP) is 2.73. The molecule has 5 aromatic rings. The Bertz CT molecular complexity index is 1510. The quantitative estimate of drug-likeness (QED) is 0.299. The summed E-state index contributed by atoms with van der Waals surface area (Å²) in [4.78, 5) is 26.0. The fraction of sp³-hybridized carbons (Fsp3) is 0.156. The van der Waals surface area contributed by atoms with Crippen LogP contribution in [0.1, 0.15) is 30.7 Å². The molecule has 0 spiro atoms. The molecule has 0 aliphatic carbocycles. The van der Waals surface area contributed by atoms with E-state index in [4.69, 9.17) is 14.3 Å². The Morgan fingerprint density at radius 2 is 1.50 bits per heavy atom. The van der Waals surface area contributed by atoms with Crippen molar-refractivity contribution in [3.63, 3.8) is 0 Å². The van der Waals surface area contributed by atoms with Crippen LogP contribution in [0.5, 0.6) is 5.75 Å². The zero-order chi connectivity index (χ0) is 27.8. The van der Waals surface area contributed by atoms with E-state index in [-0.39, 0.29) is 42.4 Å². The Hall–Kier alpha value is -3.91. The molecule has 0 amide bonds. The standard InChI is InChI=1S/C18H15NO3.C14H14O3.Na/c20-16(21)12-11-15-19-17(13-7-3-1-4-8-13)18(22-15)14-9-5-2-6-10-14;1-9(14(15)16)10-3-4-12-8-13(17-2)6-5-11(12)7-10;/h1-10H,11-12H2,(H,20,21);3-9H,1-2H3,(H,15,16);/q;;+1/p-1/t;9-;/m.0./s1. The van der Waals surface area contributed by atoms with Crippen molar-refractivity contribution in [3.8, 4) is 28.3 Å². The molecule has 7 nitrogen and oxygen atoms in total. The molecule has 1 heterocycles. The predicted molar refractivity (Wildman–Crippen MR) is 147 cm³/mol.